The Morgan fingerprint density at radius 1 is 1.12 bits per heavy atom. The monoisotopic (exact) mass is 228 g/mol. The molecule has 1 fully saturated rings. The van der Waals surface area contributed by atoms with Gasteiger partial charge in [0.05, 0.1) is 6.61 Å². The molecule has 0 aromatic carbocycles. The van der Waals surface area contributed by atoms with E-state index in [9.17, 15) is 0 Å². The van der Waals surface area contributed by atoms with E-state index in [4.69, 9.17) is 5.26 Å². The molecule has 0 saturated heterocycles. The molecule has 3 nitrogen and oxygen atoms in total. The molecule has 2 atom stereocenters. The van der Waals surface area contributed by atoms with Crippen molar-refractivity contribution in [2.45, 2.75) is 51.9 Å². The second kappa shape index (κ2) is 8.74. The lowest BCUT2D eigenvalue weighted by atomic mass is 10.1. The molecule has 2 aliphatic carbocycles. The Hall–Kier alpha value is -0.380. The van der Waals surface area contributed by atoms with Gasteiger partial charge in [0.25, 0.3) is 0 Å². The van der Waals surface area contributed by atoms with Crippen LogP contribution >= 0.6 is 0 Å². The highest BCUT2D eigenvalue weighted by atomic mass is 17.5. The third-order valence-corrected chi connectivity index (χ3v) is 3.30. The van der Waals surface area contributed by atoms with Gasteiger partial charge in [0.1, 0.15) is 0 Å². The third-order valence-electron chi connectivity index (χ3n) is 3.30. The molecule has 0 aromatic heterocycles. The number of unbranched alkanes of at least 4 members (excludes halogenated alkanes) is 3. The smallest absolute Gasteiger partial charge is 0.0853 e. The van der Waals surface area contributed by atoms with Crippen LogP contribution in [-0.4, -0.2) is 11.9 Å². The molecule has 3 heteroatoms. The fourth-order valence-corrected chi connectivity index (χ4v) is 2.34. The van der Waals surface area contributed by atoms with Crippen LogP contribution < -0.4 is 0 Å². The van der Waals surface area contributed by atoms with Crippen molar-refractivity contribution in [2.24, 2.45) is 11.8 Å². The van der Waals surface area contributed by atoms with Crippen molar-refractivity contribution >= 4 is 0 Å². The molecular formula is C13H24O3. The van der Waals surface area contributed by atoms with Crippen LogP contribution in [0, 0.1) is 11.8 Å². The van der Waals surface area contributed by atoms with Gasteiger partial charge in [0.15, 0.2) is 0 Å². The molecule has 2 rings (SSSR count). The lowest BCUT2D eigenvalue weighted by Gasteiger charge is -1.96. The molecule has 16 heavy (non-hydrogen) atoms. The maximum Gasteiger partial charge on any atom is 0.0853 e. The highest BCUT2D eigenvalue weighted by molar-refractivity contribution is 5.06. The lowest BCUT2D eigenvalue weighted by molar-refractivity contribution is -0.490. The molecule has 94 valence electrons. The minimum atomic E-state index is 0.483. The average Bonchev–Trinajstić information content (AvgIpc) is 2.94. The first kappa shape index (κ1) is 13.7. The molecule has 0 aromatic rings. The van der Waals surface area contributed by atoms with Gasteiger partial charge in [-0.1, -0.05) is 43.4 Å². The Morgan fingerprint density at radius 3 is 2.19 bits per heavy atom. The van der Waals surface area contributed by atoms with Gasteiger partial charge >= 0.3 is 0 Å². The van der Waals surface area contributed by atoms with E-state index in [-0.39, 0.29) is 0 Å². The normalized spacial score (nSPS) is 25.6. The van der Waals surface area contributed by atoms with Gasteiger partial charge in [0, 0.05) is 0 Å². The molecule has 0 radical (unpaired) electrons. The van der Waals surface area contributed by atoms with Crippen LogP contribution in [0.1, 0.15) is 51.9 Å². The minimum absolute atomic E-state index is 0.483. The van der Waals surface area contributed by atoms with Gasteiger partial charge in [-0.3, -0.25) is 0 Å². The zero-order chi connectivity index (χ0) is 11.6. The zero-order valence-corrected chi connectivity index (χ0v) is 10.2. The van der Waals surface area contributed by atoms with Crippen molar-refractivity contribution in [2.75, 3.05) is 6.61 Å². The fourth-order valence-electron chi connectivity index (χ4n) is 2.34. The molecule has 1 saturated carbocycles. The van der Waals surface area contributed by atoms with Crippen molar-refractivity contribution in [3.63, 3.8) is 0 Å². The van der Waals surface area contributed by atoms with E-state index in [0.717, 1.165) is 24.7 Å². The first-order valence-corrected chi connectivity index (χ1v) is 6.48. The first-order chi connectivity index (χ1) is 7.86. The maximum atomic E-state index is 7.70. The molecule has 2 unspecified atom stereocenters. The highest BCUT2D eigenvalue weighted by Crippen LogP contribution is 2.38. The summed E-state index contributed by atoms with van der Waals surface area (Å²) in [6.07, 6.45) is 13.7. The summed E-state index contributed by atoms with van der Waals surface area (Å²) in [6.45, 7) is 2.62. The van der Waals surface area contributed by atoms with E-state index in [1.54, 1.807) is 0 Å². The number of hydrogen-bond acceptors (Lipinski definition) is 3. The van der Waals surface area contributed by atoms with Crippen LogP contribution in [0.2, 0.25) is 0 Å². The molecule has 2 aliphatic rings. The summed E-state index contributed by atoms with van der Waals surface area (Å²) in [5.41, 5.74) is 0. The molecule has 2 bridgehead atoms. The van der Waals surface area contributed by atoms with Crippen LogP contribution in [-0.2, 0) is 9.93 Å². The van der Waals surface area contributed by atoms with Gasteiger partial charge in [-0.15, -0.1) is 0 Å². The van der Waals surface area contributed by atoms with E-state index in [2.05, 4.69) is 29.0 Å². The van der Waals surface area contributed by atoms with Crippen LogP contribution in [0.5, 0.6) is 0 Å². The van der Waals surface area contributed by atoms with E-state index < -0.39 is 0 Å². The Bertz CT molecular complexity index is 174. The van der Waals surface area contributed by atoms with E-state index in [1.165, 1.54) is 32.1 Å². The second-order valence-electron chi connectivity index (χ2n) is 4.68. The van der Waals surface area contributed by atoms with Crippen LogP contribution in [0.3, 0.4) is 0 Å². The van der Waals surface area contributed by atoms with E-state index >= 15 is 0 Å². The van der Waals surface area contributed by atoms with Crippen molar-refractivity contribution in [1.29, 1.82) is 0 Å². The summed E-state index contributed by atoms with van der Waals surface area (Å²) in [4.78, 5) is 4.24. The third kappa shape index (κ3) is 5.64. The Balaban J connectivity index is 0.000000163. The summed E-state index contributed by atoms with van der Waals surface area (Å²) < 4.78 is 0. The second-order valence-corrected chi connectivity index (χ2v) is 4.68. The number of allylic oxidation sites excluding steroid dienone is 2. The number of fused-ring (bicyclic) bond motifs is 2. The Labute approximate surface area is 98.3 Å². The van der Waals surface area contributed by atoms with Gasteiger partial charge in [-0.05, 0) is 37.5 Å². The average molecular weight is 228 g/mol. The fraction of sp³-hybridized carbons (Fsp3) is 0.846. The van der Waals surface area contributed by atoms with Gasteiger partial charge < -0.3 is 0 Å². The number of rotatable bonds is 6. The Kier molecular flexibility index (Phi) is 7.47. The summed E-state index contributed by atoms with van der Waals surface area (Å²) in [7, 11) is 0. The maximum absolute atomic E-state index is 7.70. The summed E-state index contributed by atoms with van der Waals surface area (Å²) in [5, 5.41) is 11.1. The molecule has 0 heterocycles. The van der Waals surface area contributed by atoms with Gasteiger partial charge in [-0.2, -0.15) is 0 Å². The molecule has 1 N–H and O–H groups in total. The van der Waals surface area contributed by atoms with Crippen LogP contribution in [0.15, 0.2) is 12.2 Å². The van der Waals surface area contributed by atoms with Gasteiger partial charge in [-0.25, -0.2) is 10.1 Å². The molecular weight excluding hydrogens is 204 g/mol. The molecule has 0 spiro atoms. The minimum Gasteiger partial charge on any atom is -0.221 e. The lowest BCUT2D eigenvalue weighted by Crippen LogP contribution is -1.92. The first-order valence-electron chi connectivity index (χ1n) is 6.48. The standard InChI is InChI=1S/C7H10.C6H14O3/c1-2-7-4-3-6(1)5-7;1-2-3-4-5-6-8-9-7/h1-2,6-7H,3-5H2;7H,2-6H2,1H3. The largest absolute Gasteiger partial charge is 0.221 e. The van der Waals surface area contributed by atoms with Gasteiger partial charge in [0.2, 0.25) is 0 Å². The van der Waals surface area contributed by atoms with Crippen molar-refractivity contribution in [1.82, 2.24) is 0 Å². The molecule has 0 amide bonds. The highest BCUT2D eigenvalue weighted by Gasteiger charge is 2.25. The predicted octanol–water partition coefficient (Wildman–Crippen LogP) is 3.96. The Morgan fingerprint density at radius 2 is 1.81 bits per heavy atom. The quantitative estimate of drug-likeness (QED) is 0.324. The van der Waals surface area contributed by atoms with E-state index in [0.29, 0.717) is 6.61 Å². The summed E-state index contributed by atoms with van der Waals surface area (Å²) in [6, 6.07) is 0. The van der Waals surface area contributed by atoms with Crippen LogP contribution in [0.4, 0.5) is 0 Å². The van der Waals surface area contributed by atoms with Crippen molar-refractivity contribution in [3.8, 4) is 0 Å². The summed E-state index contributed by atoms with van der Waals surface area (Å²) >= 11 is 0. The van der Waals surface area contributed by atoms with Crippen molar-refractivity contribution < 1.29 is 15.2 Å². The number of hydrogen-bond donors (Lipinski definition) is 1. The van der Waals surface area contributed by atoms with Crippen LogP contribution in [0.25, 0.3) is 0 Å². The summed E-state index contributed by atoms with van der Waals surface area (Å²) in [5.74, 6) is 1.98. The topological polar surface area (TPSA) is 38.7 Å². The zero-order valence-electron chi connectivity index (χ0n) is 10.2. The predicted molar refractivity (Wildman–Crippen MR) is 63.8 cm³/mol. The van der Waals surface area contributed by atoms with E-state index in [1.807, 2.05) is 0 Å². The molecule has 0 aliphatic heterocycles. The van der Waals surface area contributed by atoms with Crippen molar-refractivity contribution in [3.05, 3.63) is 12.2 Å². The SMILES string of the molecule is C1=CC2CCC1C2.CCCCCCOOO.